The van der Waals surface area contributed by atoms with Crippen LogP contribution in [0.15, 0.2) is 0 Å². The highest BCUT2D eigenvalue weighted by Gasteiger charge is 2.41. The molecule has 0 radical (unpaired) electrons. The number of aliphatic carboxylic acids is 1. The minimum Gasteiger partial charge on any atom is -0.481 e. The van der Waals surface area contributed by atoms with E-state index in [1.165, 1.54) is 0 Å². The van der Waals surface area contributed by atoms with E-state index in [1.54, 1.807) is 4.90 Å². The molecule has 6 heteroatoms. The van der Waals surface area contributed by atoms with Crippen molar-refractivity contribution in [2.45, 2.75) is 70.9 Å². The molecule has 1 saturated heterocycles. The molecule has 6 nitrogen and oxygen atoms in total. The molecule has 2 unspecified atom stereocenters. The Morgan fingerprint density at radius 2 is 1.70 bits per heavy atom. The van der Waals surface area contributed by atoms with E-state index in [1.807, 2.05) is 20.8 Å². The molecule has 2 aliphatic rings. The molecule has 1 amide bonds. The zero-order valence-electron chi connectivity index (χ0n) is 14.2. The molecule has 0 aromatic rings. The van der Waals surface area contributed by atoms with Crippen LogP contribution in [-0.2, 0) is 19.1 Å². The van der Waals surface area contributed by atoms with Gasteiger partial charge < -0.3 is 14.7 Å². The van der Waals surface area contributed by atoms with Crippen LogP contribution in [0.1, 0.15) is 59.3 Å². The van der Waals surface area contributed by atoms with E-state index in [4.69, 9.17) is 4.74 Å². The van der Waals surface area contributed by atoms with Crippen molar-refractivity contribution < 1.29 is 24.2 Å². The number of carbonyl (C=O) groups excluding carboxylic acids is 2. The lowest BCUT2D eigenvalue weighted by Gasteiger charge is -2.32. The number of esters is 1. The first-order valence-electron chi connectivity index (χ1n) is 8.45. The Labute approximate surface area is 137 Å². The Hall–Kier alpha value is -1.59. The molecular formula is C17H27NO5. The molecule has 1 aliphatic heterocycles. The Kier molecular flexibility index (Phi) is 5.32. The molecule has 0 aromatic heterocycles. The van der Waals surface area contributed by atoms with Gasteiger partial charge in [-0.1, -0.05) is 6.42 Å². The van der Waals surface area contributed by atoms with Crippen LogP contribution in [0.4, 0.5) is 0 Å². The average Bonchev–Trinajstić information content (AvgIpc) is 2.94. The number of carboxylic acid groups (broad SMARTS) is 1. The summed E-state index contributed by atoms with van der Waals surface area (Å²) in [6.07, 6.45) is 3.87. The van der Waals surface area contributed by atoms with Crippen LogP contribution >= 0.6 is 0 Å². The smallest absolute Gasteiger partial charge is 0.329 e. The van der Waals surface area contributed by atoms with Gasteiger partial charge in [0.15, 0.2) is 0 Å². The van der Waals surface area contributed by atoms with Crippen molar-refractivity contribution in [3.63, 3.8) is 0 Å². The maximum atomic E-state index is 12.8. The molecule has 2 fully saturated rings. The summed E-state index contributed by atoms with van der Waals surface area (Å²) in [4.78, 5) is 37.9. The Balaban J connectivity index is 2.02. The van der Waals surface area contributed by atoms with Gasteiger partial charge in [0, 0.05) is 12.5 Å². The molecule has 0 aromatic carbocycles. The van der Waals surface area contributed by atoms with Crippen molar-refractivity contribution in [3.8, 4) is 0 Å². The fourth-order valence-corrected chi connectivity index (χ4v) is 3.52. The van der Waals surface area contributed by atoms with Crippen molar-refractivity contribution in [1.29, 1.82) is 0 Å². The third kappa shape index (κ3) is 4.45. The number of rotatable bonds is 3. The number of amides is 1. The molecule has 1 N–H and O–H groups in total. The Morgan fingerprint density at radius 3 is 2.30 bits per heavy atom. The van der Waals surface area contributed by atoms with Crippen LogP contribution in [-0.4, -0.2) is 46.0 Å². The zero-order valence-corrected chi connectivity index (χ0v) is 14.2. The first-order valence-corrected chi connectivity index (χ1v) is 8.45. The van der Waals surface area contributed by atoms with Crippen LogP contribution in [0.5, 0.6) is 0 Å². The minimum atomic E-state index is -0.826. The summed E-state index contributed by atoms with van der Waals surface area (Å²) in [6.45, 7) is 5.98. The normalized spacial score (nSPS) is 28.5. The monoisotopic (exact) mass is 325 g/mol. The van der Waals surface area contributed by atoms with Crippen LogP contribution in [0, 0.1) is 11.8 Å². The number of ether oxygens (including phenoxy) is 1. The average molecular weight is 325 g/mol. The summed E-state index contributed by atoms with van der Waals surface area (Å²) < 4.78 is 5.42. The molecular weight excluding hydrogens is 298 g/mol. The van der Waals surface area contributed by atoms with E-state index >= 15 is 0 Å². The highest BCUT2D eigenvalue weighted by atomic mass is 16.6. The van der Waals surface area contributed by atoms with Crippen LogP contribution < -0.4 is 0 Å². The second-order valence-electron chi connectivity index (χ2n) is 7.62. The highest BCUT2D eigenvalue weighted by molar-refractivity contribution is 5.87. The Morgan fingerprint density at radius 1 is 1.04 bits per heavy atom. The standard InChI is InChI=1S/C17H27NO5/c1-17(2,3)23-16(22)13-8-5-9-18(13)14(19)11-6-4-7-12(10-11)15(20)21/h11-13H,4-10H2,1-3H3,(H,20,21)/t11?,12?,13-/m0/s1. The molecule has 1 heterocycles. The van der Waals surface area contributed by atoms with Gasteiger partial charge in [-0.05, 0) is 52.9 Å². The molecule has 130 valence electrons. The van der Waals surface area contributed by atoms with Crippen LogP contribution in [0.2, 0.25) is 0 Å². The quantitative estimate of drug-likeness (QED) is 0.804. The zero-order chi connectivity index (χ0) is 17.2. The number of likely N-dealkylation sites (tertiary alicyclic amines) is 1. The van der Waals surface area contributed by atoms with Crippen LogP contribution in [0.3, 0.4) is 0 Å². The molecule has 0 spiro atoms. The summed E-state index contributed by atoms with van der Waals surface area (Å²) in [6, 6.07) is -0.521. The van der Waals surface area contributed by atoms with E-state index in [-0.39, 0.29) is 17.8 Å². The van der Waals surface area contributed by atoms with E-state index in [9.17, 15) is 19.5 Å². The fourth-order valence-electron chi connectivity index (χ4n) is 3.52. The van der Waals surface area contributed by atoms with Gasteiger partial charge in [0.2, 0.25) is 5.91 Å². The molecule has 2 rings (SSSR count). The molecule has 0 bridgehead atoms. The lowest BCUT2D eigenvalue weighted by molar-refractivity contribution is -0.164. The molecule has 1 saturated carbocycles. The van der Waals surface area contributed by atoms with E-state index in [2.05, 4.69) is 0 Å². The van der Waals surface area contributed by atoms with Gasteiger partial charge in [-0.3, -0.25) is 9.59 Å². The summed E-state index contributed by atoms with van der Waals surface area (Å²) >= 11 is 0. The maximum absolute atomic E-state index is 12.8. The van der Waals surface area contributed by atoms with Gasteiger partial charge >= 0.3 is 11.9 Å². The fraction of sp³-hybridized carbons (Fsp3) is 0.824. The molecule has 3 atom stereocenters. The van der Waals surface area contributed by atoms with E-state index in [0.717, 1.165) is 12.8 Å². The second-order valence-corrected chi connectivity index (χ2v) is 7.62. The van der Waals surface area contributed by atoms with Gasteiger partial charge in [0.05, 0.1) is 5.92 Å². The largest absolute Gasteiger partial charge is 0.481 e. The number of hydrogen-bond donors (Lipinski definition) is 1. The Bertz CT molecular complexity index is 482. The summed E-state index contributed by atoms with van der Waals surface area (Å²) in [5.41, 5.74) is -0.576. The predicted octanol–water partition coefficient (Wildman–Crippen LogP) is 2.21. The van der Waals surface area contributed by atoms with Gasteiger partial charge in [0.1, 0.15) is 11.6 Å². The van der Waals surface area contributed by atoms with Gasteiger partial charge in [-0.25, -0.2) is 4.79 Å². The van der Waals surface area contributed by atoms with Gasteiger partial charge in [-0.15, -0.1) is 0 Å². The van der Waals surface area contributed by atoms with Crippen molar-refractivity contribution in [3.05, 3.63) is 0 Å². The number of carboxylic acids is 1. The van der Waals surface area contributed by atoms with Gasteiger partial charge in [0.25, 0.3) is 0 Å². The van der Waals surface area contributed by atoms with E-state index in [0.29, 0.717) is 32.2 Å². The molecule has 23 heavy (non-hydrogen) atoms. The van der Waals surface area contributed by atoms with Crippen molar-refractivity contribution in [2.75, 3.05) is 6.54 Å². The van der Waals surface area contributed by atoms with Crippen molar-refractivity contribution in [1.82, 2.24) is 4.90 Å². The third-order valence-corrected chi connectivity index (χ3v) is 4.59. The molecule has 1 aliphatic carbocycles. The predicted molar refractivity (Wildman–Crippen MR) is 83.7 cm³/mol. The second kappa shape index (κ2) is 6.89. The van der Waals surface area contributed by atoms with Crippen molar-refractivity contribution in [2.24, 2.45) is 11.8 Å². The minimum absolute atomic E-state index is 0.0793. The first kappa shape index (κ1) is 17.8. The SMILES string of the molecule is CC(C)(C)OC(=O)[C@@H]1CCCN1C(=O)C1CCCC(C(=O)O)C1. The van der Waals surface area contributed by atoms with Gasteiger partial charge in [-0.2, -0.15) is 0 Å². The highest BCUT2D eigenvalue weighted by Crippen LogP contribution is 2.33. The summed E-state index contributed by atoms with van der Waals surface area (Å²) in [5, 5.41) is 9.17. The number of carbonyl (C=O) groups is 3. The first-order chi connectivity index (χ1) is 10.7. The summed E-state index contributed by atoms with van der Waals surface area (Å²) in [7, 11) is 0. The topological polar surface area (TPSA) is 83.9 Å². The summed E-state index contributed by atoms with van der Waals surface area (Å²) in [5.74, 6) is -1.99. The number of nitrogens with zero attached hydrogens (tertiary/aromatic N) is 1. The number of hydrogen-bond acceptors (Lipinski definition) is 4. The van der Waals surface area contributed by atoms with Crippen LogP contribution in [0.25, 0.3) is 0 Å². The van der Waals surface area contributed by atoms with Crippen molar-refractivity contribution >= 4 is 17.8 Å². The lowest BCUT2D eigenvalue weighted by Crippen LogP contribution is -2.46. The van der Waals surface area contributed by atoms with E-state index < -0.39 is 23.5 Å². The lowest BCUT2D eigenvalue weighted by atomic mass is 9.80. The maximum Gasteiger partial charge on any atom is 0.329 e. The third-order valence-electron chi connectivity index (χ3n) is 4.59.